The number of carbonyl (C=O) groups excluding carboxylic acids is 2. The Balaban J connectivity index is 1.83. The Morgan fingerprint density at radius 3 is 2.42 bits per heavy atom. The number of rotatable bonds is 3. The van der Waals surface area contributed by atoms with Gasteiger partial charge in [-0.2, -0.15) is 0 Å². The van der Waals surface area contributed by atoms with Crippen molar-refractivity contribution in [1.82, 2.24) is 9.29 Å². The van der Waals surface area contributed by atoms with Gasteiger partial charge in [0, 0.05) is 28.1 Å². The number of hydrogen-bond acceptors (Lipinski definition) is 4. The van der Waals surface area contributed by atoms with Gasteiger partial charge in [-0.15, -0.1) is 0 Å². The van der Waals surface area contributed by atoms with Crippen LogP contribution in [0.4, 0.5) is 0 Å². The van der Waals surface area contributed by atoms with E-state index in [2.05, 4.69) is 4.98 Å². The van der Waals surface area contributed by atoms with Gasteiger partial charge in [0.2, 0.25) is 5.91 Å². The van der Waals surface area contributed by atoms with Gasteiger partial charge < -0.3 is 9.72 Å². The van der Waals surface area contributed by atoms with Gasteiger partial charge in [0.15, 0.2) is 0 Å². The van der Waals surface area contributed by atoms with E-state index in [0.717, 1.165) is 22.0 Å². The number of ether oxygens (including phenoxy) is 1. The van der Waals surface area contributed by atoms with E-state index in [4.69, 9.17) is 4.74 Å². The summed E-state index contributed by atoms with van der Waals surface area (Å²) < 4.78 is 20.8. The van der Waals surface area contributed by atoms with Gasteiger partial charge in [0.25, 0.3) is 0 Å². The number of fused-ring (bicyclic) bond motifs is 4. The molecule has 0 spiro atoms. The van der Waals surface area contributed by atoms with E-state index in [-0.39, 0.29) is 18.4 Å². The van der Waals surface area contributed by atoms with Crippen LogP contribution in [-0.4, -0.2) is 42.8 Å². The largest absolute Gasteiger partial charge is 0.465 e. The number of H-pyrrole nitrogens is 1. The molecule has 5 atom stereocenters. The van der Waals surface area contributed by atoms with Gasteiger partial charge in [-0.05, 0) is 44.9 Å². The van der Waals surface area contributed by atoms with Crippen molar-refractivity contribution in [1.29, 1.82) is 0 Å². The third-order valence-electron chi connectivity index (χ3n) is 6.65. The molecule has 172 valence electrons. The summed E-state index contributed by atoms with van der Waals surface area (Å²) in [6.45, 7) is 7.62. The number of benzene rings is 2. The van der Waals surface area contributed by atoms with Crippen LogP contribution in [0.1, 0.15) is 56.4 Å². The molecule has 1 fully saturated rings. The molecule has 1 aromatic heterocycles. The van der Waals surface area contributed by atoms with Gasteiger partial charge in [-0.1, -0.05) is 48.5 Å². The minimum Gasteiger partial charge on any atom is -0.465 e. The average Bonchev–Trinajstić information content (AvgIpc) is 3.28. The Labute approximate surface area is 195 Å². The van der Waals surface area contributed by atoms with Gasteiger partial charge >= 0.3 is 5.97 Å². The molecule has 2 aromatic carbocycles. The van der Waals surface area contributed by atoms with Gasteiger partial charge in [0.05, 0.1) is 17.8 Å². The molecule has 0 saturated carbocycles. The van der Waals surface area contributed by atoms with Crippen molar-refractivity contribution in [2.24, 2.45) is 5.92 Å². The summed E-state index contributed by atoms with van der Waals surface area (Å²) in [7, 11) is -1.69. The molecule has 5 rings (SSSR count). The zero-order valence-corrected chi connectivity index (χ0v) is 20.0. The molecule has 1 N–H and O–H groups in total. The second-order valence-corrected chi connectivity index (χ2v) is 11.1. The number of esters is 1. The Kier molecular flexibility index (Phi) is 5.20. The van der Waals surface area contributed by atoms with Crippen molar-refractivity contribution in [2.75, 3.05) is 6.61 Å². The van der Waals surface area contributed by atoms with Crippen LogP contribution in [0.3, 0.4) is 0 Å². The molecule has 1 aliphatic heterocycles. The van der Waals surface area contributed by atoms with E-state index >= 15 is 0 Å². The monoisotopic (exact) mass is 464 g/mol. The first-order chi connectivity index (χ1) is 15.8. The maximum atomic E-state index is 13.9. The number of nitrogens with one attached hydrogen (secondary N) is 1. The van der Waals surface area contributed by atoms with Crippen LogP contribution in [0.2, 0.25) is 0 Å². The summed E-state index contributed by atoms with van der Waals surface area (Å²) in [6.07, 6.45) is 0. The Morgan fingerprint density at radius 1 is 1.09 bits per heavy atom. The number of carbonyl (C=O) groups is 2. The predicted molar refractivity (Wildman–Crippen MR) is 128 cm³/mol. The Hall–Kier alpha value is -2.93. The predicted octanol–water partition coefficient (Wildman–Crippen LogP) is 4.25. The van der Waals surface area contributed by atoms with E-state index in [1.54, 1.807) is 6.92 Å². The lowest BCUT2D eigenvalue weighted by molar-refractivity contribution is -0.145. The Morgan fingerprint density at radius 2 is 1.76 bits per heavy atom. The second-order valence-electron chi connectivity index (χ2n) is 9.69. The van der Waals surface area contributed by atoms with Crippen molar-refractivity contribution in [3.63, 3.8) is 0 Å². The maximum Gasteiger partial charge on any atom is 0.316 e. The van der Waals surface area contributed by atoms with Crippen LogP contribution in [0.5, 0.6) is 0 Å². The van der Waals surface area contributed by atoms with E-state index in [9.17, 15) is 13.8 Å². The molecule has 1 aliphatic carbocycles. The molecule has 33 heavy (non-hydrogen) atoms. The Bertz CT molecular complexity index is 1260. The first-order valence-electron chi connectivity index (χ1n) is 11.3. The highest BCUT2D eigenvalue weighted by Crippen LogP contribution is 2.55. The lowest BCUT2D eigenvalue weighted by Crippen LogP contribution is -2.44. The van der Waals surface area contributed by atoms with Crippen LogP contribution in [0, 0.1) is 5.92 Å². The summed E-state index contributed by atoms with van der Waals surface area (Å²) in [5.41, 5.74) is 2.86. The van der Waals surface area contributed by atoms with Crippen LogP contribution in [0.25, 0.3) is 10.9 Å². The minimum atomic E-state index is -1.69. The molecule has 2 aliphatic rings. The minimum absolute atomic E-state index is 0.176. The number of para-hydroxylation sites is 1. The fourth-order valence-corrected chi connectivity index (χ4v) is 7.58. The molecule has 1 amide bonds. The molecular weight excluding hydrogens is 436 g/mol. The van der Waals surface area contributed by atoms with Crippen LogP contribution in [-0.2, 0) is 25.3 Å². The van der Waals surface area contributed by atoms with Crippen LogP contribution < -0.4 is 0 Å². The fraction of sp³-hybridized carbons (Fsp3) is 0.385. The highest BCUT2D eigenvalue weighted by atomic mass is 32.2. The van der Waals surface area contributed by atoms with E-state index in [1.807, 2.05) is 75.4 Å². The van der Waals surface area contributed by atoms with Gasteiger partial charge in [-0.3, -0.25) is 13.9 Å². The van der Waals surface area contributed by atoms with E-state index in [1.165, 1.54) is 4.31 Å². The number of aromatic nitrogens is 1. The SMILES string of the molecule is CCOC(=O)[C@@H]1c2[nH]c3ccccc3c2[C@H](c2ccccc2)[C@@H]2C(=O)N(C(C)(C)C)S(=O)[C@H]21. The standard InChI is InChI=1S/C26H28N2O4S/c1-5-32-25(30)21-22-19(16-13-9-10-14-17(16)27-22)18(15-11-7-6-8-12-15)20-23(21)33(31)28(24(20)29)26(2,3)4/h6-14,18,20-21,23,27H,5H2,1-4H3/t18-,20-,21+,23+,33?/m0/s1. The highest BCUT2D eigenvalue weighted by Gasteiger charge is 2.62. The van der Waals surface area contributed by atoms with Crippen molar-refractivity contribution in [2.45, 2.75) is 50.3 Å². The first kappa shape index (κ1) is 21.9. The smallest absolute Gasteiger partial charge is 0.316 e. The summed E-state index contributed by atoms with van der Waals surface area (Å²) in [5, 5.41) is 0.267. The first-order valence-corrected chi connectivity index (χ1v) is 12.5. The lowest BCUT2D eigenvalue weighted by atomic mass is 9.68. The van der Waals surface area contributed by atoms with Gasteiger partial charge in [0.1, 0.15) is 16.9 Å². The second kappa shape index (κ2) is 7.83. The quantitative estimate of drug-likeness (QED) is 0.588. The van der Waals surface area contributed by atoms with E-state index < -0.39 is 39.6 Å². The van der Waals surface area contributed by atoms with Crippen LogP contribution in [0.15, 0.2) is 54.6 Å². The third kappa shape index (κ3) is 3.24. The zero-order chi connectivity index (χ0) is 23.5. The molecule has 1 unspecified atom stereocenters. The maximum absolute atomic E-state index is 13.9. The fourth-order valence-electron chi connectivity index (χ4n) is 5.50. The van der Waals surface area contributed by atoms with Crippen LogP contribution >= 0.6 is 0 Å². The molecule has 0 radical (unpaired) electrons. The molecular formula is C26H28N2O4S. The summed E-state index contributed by atoms with van der Waals surface area (Å²) in [6, 6.07) is 17.7. The molecule has 3 aromatic rings. The van der Waals surface area contributed by atoms with Crippen molar-refractivity contribution in [3.05, 3.63) is 71.4 Å². The number of aromatic amines is 1. The van der Waals surface area contributed by atoms with Crippen molar-refractivity contribution in [3.8, 4) is 0 Å². The topological polar surface area (TPSA) is 79.5 Å². The summed E-state index contributed by atoms with van der Waals surface area (Å²) in [5.74, 6) is -2.38. The average molecular weight is 465 g/mol. The molecule has 6 nitrogen and oxygen atoms in total. The zero-order valence-electron chi connectivity index (χ0n) is 19.2. The molecule has 1 saturated heterocycles. The molecule has 2 heterocycles. The number of nitrogens with zero attached hydrogens (tertiary/aromatic N) is 1. The van der Waals surface area contributed by atoms with Gasteiger partial charge in [-0.25, -0.2) is 4.21 Å². The van der Waals surface area contributed by atoms with E-state index in [0.29, 0.717) is 5.69 Å². The summed E-state index contributed by atoms with van der Waals surface area (Å²) >= 11 is 0. The molecule has 7 heteroatoms. The third-order valence-corrected chi connectivity index (χ3v) is 8.77. The highest BCUT2D eigenvalue weighted by molar-refractivity contribution is 7.84. The van der Waals surface area contributed by atoms with Crippen molar-refractivity contribution >= 4 is 33.8 Å². The lowest BCUT2D eigenvalue weighted by Gasteiger charge is -2.35. The molecule has 0 bridgehead atoms. The van der Waals surface area contributed by atoms with Crippen molar-refractivity contribution < 1.29 is 18.5 Å². The number of amides is 1. The number of hydrogen-bond donors (Lipinski definition) is 1. The summed E-state index contributed by atoms with van der Waals surface area (Å²) in [4.78, 5) is 30.7. The normalized spacial score (nSPS) is 26.8.